The van der Waals surface area contributed by atoms with E-state index in [4.69, 9.17) is 49.0 Å². The Labute approximate surface area is 102 Å². The number of hydrogen-bond donors (Lipinski definition) is 0. The summed E-state index contributed by atoms with van der Waals surface area (Å²) < 4.78 is 15.6. The zero-order valence-electron chi connectivity index (χ0n) is 7.60. The molecule has 0 heterocycles. The predicted octanol–water partition coefficient (Wildman–Crippen LogP) is 1.53. The zero-order chi connectivity index (χ0) is 10.9. The summed E-state index contributed by atoms with van der Waals surface area (Å²) >= 11 is 16.4. The maximum absolute atomic E-state index is 5.47. The third kappa shape index (κ3) is 7.28. The van der Waals surface area contributed by atoms with Crippen LogP contribution in [0.4, 0.5) is 0 Å². The van der Waals surface area contributed by atoms with Gasteiger partial charge in [-0.2, -0.15) is 0 Å². The Morgan fingerprint density at radius 1 is 0.786 bits per heavy atom. The molecule has 0 aromatic rings. The Kier molecular flexibility index (Phi) is 9.85. The van der Waals surface area contributed by atoms with Crippen molar-refractivity contribution in [2.75, 3.05) is 37.5 Å². The first-order chi connectivity index (χ1) is 6.68. The van der Waals surface area contributed by atoms with Gasteiger partial charge in [0.2, 0.25) is 5.60 Å². The standard InChI is InChI=1S/C7H12Cl3O3Si/c8-1-4-11-7(14,12-5-2-9)13-6-3-10/h1-6H2. The van der Waals surface area contributed by atoms with E-state index in [9.17, 15) is 0 Å². The van der Waals surface area contributed by atoms with Crippen LogP contribution in [-0.2, 0) is 14.2 Å². The van der Waals surface area contributed by atoms with Gasteiger partial charge in [0.1, 0.15) is 0 Å². The number of ether oxygens (including phenoxy) is 3. The lowest BCUT2D eigenvalue weighted by Gasteiger charge is -2.29. The van der Waals surface area contributed by atoms with Crippen LogP contribution >= 0.6 is 34.8 Å². The van der Waals surface area contributed by atoms with E-state index in [0.29, 0.717) is 37.5 Å². The first-order valence-electron chi connectivity index (χ1n) is 4.03. The molecule has 0 aromatic heterocycles. The summed E-state index contributed by atoms with van der Waals surface area (Å²) in [5, 5.41) is 0. The molecule has 0 rings (SSSR count). The molecule has 0 amide bonds. The molecule has 0 atom stereocenters. The average Bonchev–Trinajstić information content (AvgIpc) is 2.21. The van der Waals surface area contributed by atoms with Crippen molar-refractivity contribution in [2.45, 2.75) is 5.60 Å². The summed E-state index contributed by atoms with van der Waals surface area (Å²) in [6, 6.07) is 0. The summed E-state index contributed by atoms with van der Waals surface area (Å²) in [4.78, 5) is 0. The van der Waals surface area contributed by atoms with E-state index in [-0.39, 0.29) is 0 Å². The summed E-state index contributed by atoms with van der Waals surface area (Å²) in [7, 11) is 3.20. The number of alkyl halides is 3. The molecule has 0 aliphatic heterocycles. The van der Waals surface area contributed by atoms with Gasteiger partial charge in [-0.05, 0) is 0 Å². The first-order valence-corrected chi connectivity index (χ1v) is 6.13. The summed E-state index contributed by atoms with van der Waals surface area (Å²) in [5.41, 5.74) is -1.29. The van der Waals surface area contributed by atoms with E-state index in [1.165, 1.54) is 0 Å². The Hall–Kier alpha value is 0.967. The molecule has 0 aliphatic rings. The smallest absolute Gasteiger partial charge is 0.248 e. The molecule has 3 radical (unpaired) electrons. The SMILES string of the molecule is [Si]C(OCCCl)(OCCCl)OCCCl. The maximum atomic E-state index is 5.47. The molecule has 0 N–H and O–H groups in total. The maximum Gasteiger partial charge on any atom is 0.248 e. The molecule has 14 heavy (non-hydrogen) atoms. The fourth-order valence-electron chi connectivity index (χ4n) is 0.644. The van der Waals surface area contributed by atoms with Crippen LogP contribution in [0.3, 0.4) is 0 Å². The van der Waals surface area contributed by atoms with E-state index in [1.54, 1.807) is 0 Å². The molecule has 0 aliphatic carbocycles. The molecule has 0 unspecified atom stereocenters. The van der Waals surface area contributed by atoms with Crippen LogP contribution < -0.4 is 0 Å². The topological polar surface area (TPSA) is 27.7 Å². The zero-order valence-corrected chi connectivity index (χ0v) is 10.9. The van der Waals surface area contributed by atoms with Crippen molar-refractivity contribution in [1.82, 2.24) is 0 Å². The quantitative estimate of drug-likeness (QED) is 0.364. The Morgan fingerprint density at radius 2 is 1.07 bits per heavy atom. The summed E-state index contributed by atoms with van der Waals surface area (Å²) in [6.07, 6.45) is 0. The van der Waals surface area contributed by atoms with Gasteiger partial charge in [-0.25, -0.2) is 0 Å². The van der Waals surface area contributed by atoms with E-state index in [1.807, 2.05) is 0 Å². The van der Waals surface area contributed by atoms with Crippen molar-refractivity contribution < 1.29 is 14.2 Å². The first kappa shape index (κ1) is 15.0. The van der Waals surface area contributed by atoms with Gasteiger partial charge in [0.05, 0.1) is 19.8 Å². The van der Waals surface area contributed by atoms with E-state index in [2.05, 4.69) is 10.2 Å². The van der Waals surface area contributed by atoms with Crippen molar-refractivity contribution in [3.8, 4) is 0 Å². The van der Waals surface area contributed by atoms with E-state index in [0.717, 1.165) is 0 Å². The Balaban J connectivity index is 3.89. The molecule has 0 bridgehead atoms. The average molecular weight is 279 g/mol. The highest BCUT2D eigenvalue weighted by Crippen LogP contribution is 2.11. The molecule has 0 saturated carbocycles. The fraction of sp³-hybridized carbons (Fsp3) is 1.00. The van der Waals surface area contributed by atoms with Crippen molar-refractivity contribution in [3.05, 3.63) is 0 Å². The monoisotopic (exact) mass is 277 g/mol. The van der Waals surface area contributed by atoms with Gasteiger partial charge in [0.25, 0.3) is 0 Å². The second-order valence-corrected chi connectivity index (χ2v) is 3.91. The van der Waals surface area contributed by atoms with Crippen LogP contribution in [0.1, 0.15) is 0 Å². The molecule has 0 spiro atoms. The lowest BCUT2D eigenvalue weighted by molar-refractivity contribution is -0.319. The molecular formula is C7H12Cl3O3Si. The molecule has 0 saturated heterocycles. The van der Waals surface area contributed by atoms with Gasteiger partial charge in [-0.3, -0.25) is 0 Å². The van der Waals surface area contributed by atoms with E-state index >= 15 is 0 Å². The highest BCUT2D eigenvalue weighted by molar-refractivity contribution is 6.18. The minimum absolute atomic E-state index is 0.301. The normalized spacial score (nSPS) is 12.0. The van der Waals surface area contributed by atoms with Gasteiger partial charge in [-0.15, -0.1) is 34.8 Å². The Morgan fingerprint density at radius 3 is 1.29 bits per heavy atom. The van der Waals surface area contributed by atoms with Gasteiger partial charge >= 0.3 is 0 Å². The predicted molar refractivity (Wildman–Crippen MR) is 58.5 cm³/mol. The Bertz CT molecular complexity index is 118. The van der Waals surface area contributed by atoms with Gasteiger partial charge in [0.15, 0.2) is 10.2 Å². The van der Waals surface area contributed by atoms with Crippen molar-refractivity contribution in [2.24, 2.45) is 0 Å². The highest BCUT2D eigenvalue weighted by atomic mass is 35.5. The summed E-state index contributed by atoms with van der Waals surface area (Å²) in [5.74, 6) is 1.04. The van der Waals surface area contributed by atoms with Crippen LogP contribution in [0, 0.1) is 0 Å². The van der Waals surface area contributed by atoms with Crippen LogP contribution in [0.25, 0.3) is 0 Å². The third-order valence-corrected chi connectivity index (χ3v) is 2.00. The van der Waals surface area contributed by atoms with Crippen LogP contribution in [0.15, 0.2) is 0 Å². The van der Waals surface area contributed by atoms with E-state index < -0.39 is 5.60 Å². The molecule has 3 nitrogen and oxygen atoms in total. The largest absolute Gasteiger partial charge is 0.331 e. The number of hydrogen-bond acceptors (Lipinski definition) is 3. The van der Waals surface area contributed by atoms with Crippen LogP contribution in [0.5, 0.6) is 0 Å². The molecule has 0 fully saturated rings. The second kappa shape index (κ2) is 9.21. The van der Waals surface area contributed by atoms with Gasteiger partial charge < -0.3 is 14.2 Å². The highest BCUT2D eigenvalue weighted by Gasteiger charge is 2.26. The summed E-state index contributed by atoms with van der Waals surface area (Å²) in [6.45, 7) is 0.904. The van der Waals surface area contributed by atoms with Gasteiger partial charge in [0, 0.05) is 17.6 Å². The van der Waals surface area contributed by atoms with Crippen molar-refractivity contribution >= 4 is 45.0 Å². The number of halogens is 3. The second-order valence-electron chi connectivity index (χ2n) is 2.17. The molecule has 0 aromatic carbocycles. The third-order valence-electron chi connectivity index (χ3n) is 1.11. The molecular weight excluding hydrogens is 267 g/mol. The minimum atomic E-state index is -1.29. The molecule has 83 valence electrons. The fourth-order valence-corrected chi connectivity index (χ4v) is 1.18. The lowest BCUT2D eigenvalue weighted by atomic mass is 10.8. The van der Waals surface area contributed by atoms with Crippen LogP contribution in [-0.4, -0.2) is 53.3 Å². The lowest BCUT2D eigenvalue weighted by Crippen LogP contribution is -2.41. The number of rotatable bonds is 9. The van der Waals surface area contributed by atoms with Crippen LogP contribution in [0.2, 0.25) is 0 Å². The van der Waals surface area contributed by atoms with Gasteiger partial charge in [-0.1, -0.05) is 0 Å². The molecule has 7 heteroatoms. The van der Waals surface area contributed by atoms with Crippen molar-refractivity contribution in [1.29, 1.82) is 0 Å². The van der Waals surface area contributed by atoms with Crippen molar-refractivity contribution in [3.63, 3.8) is 0 Å². The minimum Gasteiger partial charge on any atom is -0.331 e.